The number of sulfonamides is 1. The molecule has 164 valence electrons. The number of primary sulfonamides is 1. The standard InChI is InChI=1S/C23H23N5O3S/c1-15-4-6-18(7-5-15)14-28-17(3)22(16(2)27-28)12-19(13-24)23(29)26-20-8-10-21(11-9-20)32(25,30)31/h4-12H,14H2,1-3H3,(H,26,29)(H2,25,30,31)/b19-12+. The number of nitrogens with zero attached hydrogens (tertiary/aromatic N) is 3. The van der Waals surface area contributed by atoms with Crippen molar-refractivity contribution in [2.24, 2.45) is 5.14 Å². The number of aryl methyl sites for hydroxylation is 2. The molecule has 0 saturated carbocycles. The Morgan fingerprint density at radius 2 is 1.75 bits per heavy atom. The van der Waals surface area contributed by atoms with Crippen molar-refractivity contribution in [1.82, 2.24) is 9.78 Å². The number of amides is 1. The van der Waals surface area contributed by atoms with Crippen molar-refractivity contribution in [3.8, 4) is 6.07 Å². The second kappa shape index (κ2) is 9.18. The molecule has 0 radical (unpaired) electrons. The summed E-state index contributed by atoms with van der Waals surface area (Å²) in [7, 11) is -3.83. The molecule has 3 rings (SSSR count). The van der Waals surface area contributed by atoms with E-state index in [1.54, 1.807) is 0 Å². The highest BCUT2D eigenvalue weighted by molar-refractivity contribution is 7.89. The smallest absolute Gasteiger partial charge is 0.266 e. The summed E-state index contributed by atoms with van der Waals surface area (Å²) in [5, 5.41) is 21.8. The number of nitrogens with two attached hydrogens (primary N) is 1. The van der Waals surface area contributed by atoms with Gasteiger partial charge < -0.3 is 5.32 Å². The second-order valence-corrected chi connectivity index (χ2v) is 8.98. The van der Waals surface area contributed by atoms with Crippen LogP contribution in [0.1, 0.15) is 28.1 Å². The molecular formula is C23H23N5O3S. The van der Waals surface area contributed by atoms with E-state index < -0.39 is 15.9 Å². The monoisotopic (exact) mass is 449 g/mol. The summed E-state index contributed by atoms with van der Waals surface area (Å²) in [6.45, 7) is 6.31. The molecule has 0 saturated heterocycles. The normalized spacial score (nSPS) is 11.8. The van der Waals surface area contributed by atoms with Gasteiger partial charge in [0.15, 0.2) is 0 Å². The third kappa shape index (κ3) is 5.29. The van der Waals surface area contributed by atoms with Crippen molar-refractivity contribution in [2.45, 2.75) is 32.2 Å². The first-order valence-corrected chi connectivity index (χ1v) is 11.3. The molecule has 0 bridgehead atoms. The molecule has 1 heterocycles. The lowest BCUT2D eigenvalue weighted by Crippen LogP contribution is -2.14. The number of nitrogens with one attached hydrogen (secondary N) is 1. The Bertz CT molecular complexity index is 1330. The Kier molecular flexibility index (Phi) is 6.58. The predicted octanol–water partition coefficient (Wildman–Crippen LogP) is 3.05. The minimum absolute atomic E-state index is 0.0706. The summed E-state index contributed by atoms with van der Waals surface area (Å²) >= 11 is 0. The number of carbonyl (C=O) groups excluding carboxylic acids is 1. The van der Waals surface area contributed by atoms with E-state index in [1.165, 1.54) is 35.9 Å². The summed E-state index contributed by atoms with van der Waals surface area (Å²) in [4.78, 5) is 12.5. The molecule has 2 aromatic carbocycles. The van der Waals surface area contributed by atoms with E-state index >= 15 is 0 Å². The molecule has 0 atom stereocenters. The third-order valence-corrected chi connectivity index (χ3v) is 5.91. The van der Waals surface area contributed by atoms with Gasteiger partial charge in [-0.25, -0.2) is 13.6 Å². The number of aromatic nitrogens is 2. The maximum Gasteiger partial charge on any atom is 0.266 e. The van der Waals surface area contributed by atoms with Crippen LogP contribution >= 0.6 is 0 Å². The fraction of sp³-hybridized carbons (Fsp3) is 0.174. The van der Waals surface area contributed by atoms with Gasteiger partial charge in [-0.2, -0.15) is 10.4 Å². The van der Waals surface area contributed by atoms with Crippen molar-refractivity contribution in [1.29, 1.82) is 5.26 Å². The van der Waals surface area contributed by atoms with Gasteiger partial charge in [0.25, 0.3) is 5.91 Å². The molecule has 1 aromatic heterocycles. The van der Waals surface area contributed by atoms with Crippen molar-refractivity contribution < 1.29 is 13.2 Å². The van der Waals surface area contributed by atoms with E-state index in [4.69, 9.17) is 5.14 Å². The second-order valence-electron chi connectivity index (χ2n) is 7.42. The predicted molar refractivity (Wildman–Crippen MR) is 122 cm³/mol. The van der Waals surface area contributed by atoms with Crippen LogP contribution in [0.2, 0.25) is 0 Å². The fourth-order valence-electron chi connectivity index (χ4n) is 3.16. The van der Waals surface area contributed by atoms with Crippen LogP contribution < -0.4 is 10.5 Å². The summed E-state index contributed by atoms with van der Waals surface area (Å²) in [5.41, 5.74) is 4.75. The molecule has 0 aliphatic carbocycles. The summed E-state index contributed by atoms with van der Waals surface area (Å²) in [5.74, 6) is -0.610. The van der Waals surface area contributed by atoms with Crippen LogP contribution in [-0.2, 0) is 21.4 Å². The van der Waals surface area contributed by atoms with Crippen LogP contribution in [0.3, 0.4) is 0 Å². The van der Waals surface area contributed by atoms with E-state index in [1.807, 2.05) is 55.8 Å². The maximum absolute atomic E-state index is 12.6. The van der Waals surface area contributed by atoms with Crippen molar-refractivity contribution in [2.75, 3.05) is 5.32 Å². The fourth-order valence-corrected chi connectivity index (χ4v) is 3.67. The van der Waals surface area contributed by atoms with Gasteiger partial charge in [-0.3, -0.25) is 9.48 Å². The van der Waals surface area contributed by atoms with Crippen LogP contribution in [0.15, 0.2) is 59.0 Å². The van der Waals surface area contributed by atoms with E-state index in [-0.39, 0.29) is 10.5 Å². The van der Waals surface area contributed by atoms with Crippen LogP contribution in [0, 0.1) is 32.1 Å². The third-order valence-electron chi connectivity index (χ3n) is 4.98. The maximum atomic E-state index is 12.6. The van der Waals surface area contributed by atoms with Gasteiger partial charge in [-0.1, -0.05) is 29.8 Å². The molecule has 3 N–H and O–H groups in total. The lowest BCUT2D eigenvalue weighted by atomic mass is 10.1. The highest BCUT2D eigenvalue weighted by Crippen LogP contribution is 2.20. The Hall–Kier alpha value is -3.74. The largest absolute Gasteiger partial charge is 0.321 e. The summed E-state index contributed by atoms with van der Waals surface area (Å²) in [6.07, 6.45) is 1.51. The van der Waals surface area contributed by atoms with Crippen LogP contribution in [-0.4, -0.2) is 24.1 Å². The number of nitriles is 1. The summed E-state index contributed by atoms with van der Waals surface area (Å²) in [6, 6.07) is 15.4. The van der Waals surface area contributed by atoms with E-state index in [2.05, 4.69) is 10.4 Å². The molecule has 0 spiro atoms. The molecule has 0 unspecified atom stereocenters. The molecule has 1 amide bonds. The highest BCUT2D eigenvalue weighted by Gasteiger charge is 2.15. The number of rotatable bonds is 6. The number of hydrogen-bond donors (Lipinski definition) is 2. The average molecular weight is 450 g/mol. The zero-order valence-corrected chi connectivity index (χ0v) is 18.8. The topological polar surface area (TPSA) is 131 Å². The van der Waals surface area contributed by atoms with E-state index in [9.17, 15) is 18.5 Å². The molecule has 32 heavy (non-hydrogen) atoms. The molecule has 3 aromatic rings. The van der Waals surface area contributed by atoms with Crippen molar-refractivity contribution >= 4 is 27.7 Å². The Morgan fingerprint density at radius 1 is 1.12 bits per heavy atom. The van der Waals surface area contributed by atoms with Crippen LogP contribution in [0.25, 0.3) is 6.08 Å². The zero-order chi connectivity index (χ0) is 23.5. The first-order chi connectivity index (χ1) is 15.1. The van der Waals surface area contributed by atoms with Gasteiger partial charge in [-0.05, 0) is 56.7 Å². The van der Waals surface area contributed by atoms with E-state index in [0.717, 1.165) is 11.3 Å². The van der Waals surface area contributed by atoms with Gasteiger partial charge in [0.1, 0.15) is 11.6 Å². The van der Waals surface area contributed by atoms with E-state index in [0.29, 0.717) is 23.5 Å². The lowest BCUT2D eigenvalue weighted by Gasteiger charge is -2.06. The SMILES string of the molecule is Cc1ccc(Cn2nc(C)c(/C=C(\C#N)C(=O)Nc3ccc(S(N)(=O)=O)cc3)c2C)cc1. The Morgan fingerprint density at radius 3 is 2.31 bits per heavy atom. The minimum atomic E-state index is -3.83. The quantitative estimate of drug-likeness (QED) is 0.441. The molecular weight excluding hydrogens is 426 g/mol. The van der Waals surface area contributed by atoms with Crippen LogP contribution in [0.4, 0.5) is 5.69 Å². The molecule has 0 aliphatic rings. The van der Waals surface area contributed by atoms with Crippen LogP contribution in [0.5, 0.6) is 0 Å². The number of anilines is 1. The number of benzene rings is 2. The molecule has 8 nitrogen and oxygen atoms in total. The molecule has 0 aliphatic heterocycles. The van der Waals surface area contributed by atoms with Gasteiger partial charge in [0.2, 0.25) is 10.0 Å². The Labute approximate surface area is 187 Å². The zero-order valence-electron chi connectivity index (χ0n) is 18.0. The van der Waals surface area contributed by atoms with Crippen molar-refractivity contribution in [3.05, 3.63) is 82.2 Å². The van der Waals surface area contributed by atoms with Crippen molar-refractivity contribution in [3.63, 3.8) is 0 Å². The van der Waals surface area contributed by atoms with Gasteiger partial charge >= 0.3 is 0 Å². The van der Waals surface area contributed by atoms with Gasteiger partial charge in [0.05, 0.1) is 17.1 Å². The Balaban J connectivity index is 1.82. The van der Waals surface area contributed by atoms with Gasteiger partial charge in [0, 0.05) is 16.9 Å². The van der Waals surface area contributed by atoms with Gasteiger partial charge in [-0.15, -0.1) is 0 Å². The first-order valence-electron chi connectivity index (χ1n) is 9.74. The first kappa shape index (κ1) is 22.9. The lowest BCUT2D eigenvalue weighted by molar-refractivity contribution is -0.112. The molecule has 0 fully saturated rings. The number of carbonyl (C=O) groups is 1. The molecule has 9 heteroatoms. The average Bonchev–Trinajstić information content (AvgIpc) is 3.00. The summed E-state index contributed by atoms with van der Waals surface area (Å²) < 4.78 is 24.5. The highest BCUT2D eigenvalue weighted by atomic mass is 32.2. The minimum Gasteiger partial charge on any atom is -0.321 e. The number of hydrogen-bond acceptors (Lipinski definition) is 5.